The second-order valence-electron chi connectivity index (χ2n) is 4.24. The average molecular weight is 259 g/mol. The fourth-order valence-corrected chi connectivity index (χ4v) is 1.91. The van der Waals surface area contributed by atoms with Gasteiger partial charge in [-0.05, 0) is 11.5 Å². The first-order chi connectivity index (χ1) is 9.00. The molecule has 2 aromatic carbocycles. The maximum absolute atomic E-state index is 12.0. The zero-order chi connectivity index (χ0) is 14.0. The number of aromatic hydroxyl groups is 1. The molecule has 1 amide bonds. The number of amides is 1. The van der Waals surface area contributed by atoms with E-state index >= 15 is 0 Å². The quantitative estimate of drug-likeness (QED) is 0.879. The molecule has 19 heavy (non-hydrogen) atoms. The fourth-order valence-electron chi connectivity index (χ4n) is 1.91. The van der Waals surface area contributed by atoms with Crippen molar-refractivity contribution in [3.05, 3.63) is 42.0 Å². The third kappa shape index (κ3) is 2.49. The first-order valence-corrected chi connectivity index (χ1v) is 5.68. The topological polar surface area (TPSA) is 77.8 Å². The fraction of sp³-hybridized carbons (Fsp3) is 0.143. The van der Waals surface area contributed by atoms with Gasteiger partial charge in [0.25, 0.3) is 5.91 Å². The lowest BCUT2D eigenvalue weighted by atomic mass is 10.0. The molecule has 0 bridgehead atoms. The van der Waals surface area contributed by atoms with Crippen molar-refractivity contribution in [2.45, 2.75) is 0 Å². The summed E-state index contributed by atoms with van der Waals surface area (Å²) < 4.78 is 0. The van der Waals surface area contributed by atoms with Gasteiger partial charge >= 0.3 is 5.97 Å². The van der Waals surface area contributed by atoms with E-state index in [1.165, 1.54) is 13.1 Å². The van der Waals surface area contributed by atoms with Crippen molar-refractivity contribution < 1.29 is 19.8 Å². The number of carboxylic acid groups (broad SMARTS) is 1. The monoisotopic (exact) mass is 259 g/mol. The van der Waals surface area contributed by atoms with Gasteiger partial charge in [-0.3, -0.25) is 9.59 Å². The lowest BCUT2D eigenvalue weighted by Crippen LogP contribution is -2.31. The van der Waals surface area contributed by atoms with E-state index in [0.717, 1.165) is 10.3 Å². The Hall–Kier alpha value is -2.56. The molecule has 0 aliphatic carbocycles. The Morgan fingerprint density at radius 1 is 1.16 bits per heavy atom. The molecule has 0 heterocycles. The third-order valence-electron chi connectivity index (χ3n) is 2.85. The number of nitrogens with zero attached hydrogens (tertiary/aromatic N) is 1. The molecule has 0 aliphatic heterocycles. The first-order valence-electron chi connectivity index (χ1n) is 5.68. The smallest absolute Gasteiger partial charge is 0.323 e. The van der Waals surface area contributed by atoms with Crippen LogP contribution < -0.4 is 0 Å². The molecule has 0 saturated carbocycles. The minimum absolute atomic E-state index is 0.0995. The van der Waals surface area contributed by atoms with E-state index in [1.807, 2.05) is 12.1 Å². The van der Waals surface area contributed by atoms with Crippen molar-refractivity contribution in [2.24, 2.45) is 0 Å². The standard InChI is InChI=1S/C14H13NO4/c1-15(8-12(16)17)14(19)11-7-6-9-4-2-3-5-10(9)13(11)18/h2-7,18H,8H2,1H3,(H,16,17). The van der Waals surface area contributed by atoms with E-state index in [9.17, 15) is 14.7 Å². The van der Waals surface area contributed by atoms with Crippen LogP contribution in [0.5, 0.6) is 5.75 Å². The van der Waals surface area contributed by atoms with Crippen molar-refractivity contribution in [2.75, 3.05) is 13.6 Å². The molecule has 0 atom stereocenters. The Kier molecular flexibility index (Phi) is 3.37. The van der Waals surface area contributed by atoms with Gasteiger partial charge in [0, 0.05) is 12.4 Å². The minimum atomic E-state index is -1.10. The average Bonchev–Trinajstić information content (AvgIpc) is 2.38. The largest absolute Gasteiger partial charge is 0.506 e. The summed E-state index contributed by atoms with van der Waals surface area (Å²) in [5, 5.41) is 20.2. The second-order valence-corrected chi connectivity index (χ2v) is 4.24. The third-order valence-corrected chi connectivity index (χ3v) is 2.85. The normalized spacial score (nSPS) is 10.4. The lowest BCUT2D eigenvalue weighted by molar-refractivity contribution is -0.137. The van der Waals surface area contributed by atoms with Crippen LogP contribution in [0.3, 0.4) is 0 Å². The Balaban J connectivity index is 2.43. The number of likely N-dealkylation sites (N-methyl/N-ethyl adjacent to an activating group) is 1. The van der Waals surface area contributed by atoms with Crippen LogP contribution in [0.25, 0.3) is 10.8 Å². The molecule has 2 aromatic rings. The number of benzene rings is 2. The molecule has 0 saturated heterocycles. The number of carbonyl (C=O) groups excluding carboxylic acids is 1. The summed E-state index contributed by atoms with van der Waals surface area (Å²) in [5.74, 6) is -1.75. The molecule has 0 unspecified atom stereocenters. The molecule has 0 radical (unpaired) electrons. The van der Waals surface area contributed by atoms with Crippen LogP contribution in [0.2, 0.25) is 0 Å². The van der Waals surface area contributed by atoms with Crippen molar-refractivity contribution in [1.82, 2.24) is 4.90 Å². The van der Waals surface area contributed by atoms with Crippen LogP contribution >= 0.6 is 0 Å². The Morgan fingerprint density at radius 2 is 1.84 bits per heavy atom. The van der Waals surface area contributed by atoms with Gasteiger partial charge in [0.1, 0.15) is 12.3 Å². The number of hydrogen-bond donors (Lipinski definition) is 2. The molecular formula is C14H13NO4. The predicted octanol–water partition coefficient (Wildman–Crippen LogP) is 1.70. The number of carboxylic acids is 1. The highest BCUT2D eigenvalue weighted by atomic mass is 16.4. The maximum atomic E-state index is 12.0. The van der Waals surface area contributed by atoms with Crippen LogP contribution in [0.4, 0.5) is 0 Å². The van der Waals surface area contributed by atoms with Gasteiger partial charge in [-0.25, -0.2) is 0 Å². The highest BCUT2D eigenvalue weighted by molar-refractivity contribution is 6.04. The summed E-state index contributed by atoms with van der Waals surface area (Å²) in [6.45, 7) is -0.412. The number of phenolic OH excluding ortho intramolecular Hbond substituents is 1. The molecule has 2 N–H and O–H groups in total. The van der Waals surface area contributed by atoms with E-state index < -0.39 is 18.4 Å². The summed E-state index contributed by atoms with van der Waals surface area (Å²) in [6.07, 6.45) is 0. The summed E-state index contributed by atoms with van der Waals surface area (Å²) in [4.78, 5) is 23.7. The number of carbonyl (C=O) groups is 2. The predicted molar refractivity (Wildman–Crippen MR) is 70.2 cm³/mol. The van der Waals surface area contributed by atoms with E-state index in [-0.39, 0.29) is 11.3 Å². The van der Waals surface area contributed by atoms with Crippen LogP contribution in [-0.4, -0.2) is 40.6 Å². The van der Waals surface area contributed by atoms with Gasteiger partial charge in [-0.15, -0.1) is 0 Å². The molecule has 98 valence electrons. The van der Waals surface area contributed by atoms with E-state index in [1.54, 1.807) is 18.2 Å². The highest BCUT2D eigenvalue weighted by Crippen LogP contribution is 2.29. The first kappa shape index (κ1) is 12.9. The molecule has 2 rings (SSSR count). The molecule has 5 heteroatoms. The van der Waals surface area contributed by atoms with Crippen LogP contribution in [-0.2, 0) is 4.79 Å². The van der Waals surface area contributed by atoms with Gasteiger partial charge in [-0.2, -0.15) is 0 Å². The van der Waals surface area contributed by atoms with Gasteiger partial charge in [0.05, 0.1) is 5.56 Å². The molecular weight excluding hydrogens is 246 g/mol. The highest BCUT2D eigenvalue weighted by Gasteiger charge is 2.18. The lowest BCUT2D eigenvalue weighted by Gasteiger charge is -2.16. The van der Waals surface area contributed by atoms with Gasteiger partial charge in [-0.1, -0.05) is 30.3 Å². The summed E-state index contributed by atoms with van der Waals surface area (Å²) in [6, 6.07) is 10.3. The SMILES string of the molecule is CN(CC(=O)O)C(=O)c1ccc2ccccc2c1O. The van der Waals surface area contributed by atoms with Crippen LogP contribution in [0, 0.1) is 0 Å². The number of rotatable bonds is 3. The van der Waals surface area contributed by atoms with E-state index in [2.05, 4.69) is 0 Å². The number of phenols is 1. The van der Waals surface area contributed by atoms with Crippen molar-refractivity contribution in [1.29, 1.82) is 0 Å². The van der Waals surface area contributed by atoms with Gasteiger partial charge in [0.15, 0.2) is 0 Å². The zero-order valence-electron chi connectivity index (χ0n) is 10.3. The Morgan fingerprint density at radius 3 is 2.53 bits per heavy atom. The van der Waals surface area contributed by atoms with Crippen molar-refractivity contribution in [3.8, 4) is 5.75 Å². The summed E-state index contributed by atoms with van der Waals surface area (Å²) in [5.41, 5.74) is 0.0995. The van der Waals surface area contributed by atoms with Crippen molar-refractivity contribution in [3.63, 3.8) is 0 Å². The minimum Gasteiger partial charge on any atom is -0.506 e. The van der Waals surface area contributed by atoms with Gasteiger partial charge in [0.2, 0.25) is 0 Å². The van der Waals surface area contributed by atoms with E-state index in [4.69, 9.17) is 5.11 Å². The zero-order valence-corrected chi connectivity index (χ0v) is 10.3. The van der Waals surface area contributed by atoms with Crippen LogP contribution in [0.15, 0.2) is 36.4 Å². The van der Waals surface area contributed by atoms with Gasteiger partial charge < -0.3 is 15.1 Å². The Labute approximate surface area is 109 Å². The number of aliphatic carboxylic acids is 1. The molecule has 0 spiro atoms. The molecule has 5 nitrogen and oxygen atoms in total. The maximum Gasteiger partial charge on any atom is 0.323 e. The summed E-state index contributed by atoms with van der Waals surface area (Å²) >= 11 is 0. The summed E-state index contributed by atoms with van der Waals surface area (Å²) in [7, 11) is 1.38. The molecule has 0 aromatic heterocycles. The molecule has 0 fully saturated rings. The Bertz CT molecular complexity index is 651. The second kappa shape index (κ2) is 4.97. The molecule has 0 aliphatic rings. The van der Waals surface area contributed by atoms with E-state index in [0.29, 0.717) is 5.39 Å². The number of fused-ring (bicyclic) bond motifs is 1. The van der Waals surface area contributed by atoms with Crippen molar-refractivity contribution >= 4 is 22.6 Å². The van der Waals surface area contributed by atoms with Crippen LogP contribution in [0.1, 0.15) is 10.4 Å². The number of hydrogen-bond acceptors (Lipinski definition) is 3.